The van der Waals surface area contributed by atoms with Crippen molar-refractivity contribution >= 4 is 0 Å². The Labute approximate surface area is 282 Å². The molecule has 0 aromatic rings. The molecular formula is C44H78O. The van der Waals surface area contributed by atoms with Crippen LogP contribution in [-0.4, -0.2) is 13.2 Å². The summed E-state index contributed by atoms with van der Waals surface area (Å²) in [6.07, 6.45) is 48.9. The van der Waals surface area contributed by atoms with Gasteiger partial charge in [-0.2, -0.15) is 0 Å². The van der Waals surface area contributed by atoms with Crippen LogP contribution in [0.3, 0.4) is 0 Å². The molecule has 0 spiro atoms. The second-order valence-corrected chi connectivity index (χ2v) is 16.8. The quantitative estimate of drug-likeness (QED) is 0.0862. The van der Waals surface area contributed by atoms with Gasteiger partial charge in [0.25, 0.3) is 0 Å². The maximum Gasteiger partial charge on any atom is 0.0681 e. The SMILES string of the molecule is CCCCCCC1CCC(CCCC2CC=C(COCC3=CCC(CCCC4CCC(CCCCCC)CC4)CC3)CC2)CC1. The molecule has 0 bridgehead atoms. The lowest BCUT2D eigenvalue weighted by atomic mass is 9.77. The third-order valence-electron chi connectivity index (χ3n) is 13.1. The molecule has 0 aromatic carbocycles. The molecule has 45 heavy (non-hydrogen) atoms. The molecule has 0 N–H and O–H groups in total. The normalized spacial score (nSPS) is 29.4. The Morgan fingerprint density at radius 1 is 0.422 bits per heavy atom. The zero-order valence-electron chi connectivity index (χ0n) is 30.7. The van der Waals surface area contributed by atoms with Crippen LogP contribution in [0.15, 0.2) is 23.3 Å². The molecule has 1 nitrogen and oxygen atoms in total. The first-order valence-electron chi connectivity index (χ1n) is 21.1. The molecule has 4 rings (SSSR count). The summed E-state index contributed by atoms with van der Waals surface area (Å²) in [5, 5.41) is 0. The summed E-state index contributed by atoms with van der Waals surface area (Å²) in [6.45, 7) is 6.42. The number of ether oxygens (including phenoxy) is 1. The van der Waals surface area contributed by atoms with Crippen molar-refractivity contribution in [2.45, 2.75) is 206 Å². The summed E-state index contributed by atoms with van der Waals surface area (Å²) in [7, 11) is 0. The van der Waals surface area contributed by atoms with E-state index in [1.165, 1.54) is 193 Å². The van der Waals surface area contributed by atoms with E-state index in [0.29, 0.717) is 0 Å². The third kappa shape index (κ3) is 15.5. The lowest BCUT2D eigenvalue weighted by molar-refractivity contribution is 0.169. The van der Waals surface area contributed by atoms with Crippen molar-refractivity contribution in [3.63, 3.8) is 0 Å². The van der Waals surface area contributed by atoms with Crippen molar-refractivity contribution in [3.05, 3.63) is 23.3 Å². The Morgan fingerprint density at radius 3 is 1.11 bits per heavy atom. The molecule has 0 saturated heterocycles. The summed E-state index contributed by atoms with van der Waals surface area (Å²) < 4.78 is 6.26. The molecule has 0 radical (unpaired) electrons. The van der Waals surface area contributed by atoms with E-state index in [4.69, 9.17) is 4.74 Å². The highest BCUT2D eigenvalue weighted by Crippen LogP contribution is 2.37. The zero-order chi connectivity index (χ0) is 31.4. The maximum absolute atomic E-state index is 6.26. The molecule has 1 heteroatoms. The number of rotatable bonds is 22. The van der Waals surface area contributed by atoms with E-state index in [-0.39, 0.29) is 0 Å². The molecule has 260 valence electrons. The summed E-state index contributed by atoms with van der Waals surface area (Å²) in [6, 6.07) is 0. The third-order valence-corrected chi connectivity index (χ3v) is 13.1. The van der Waals surface area contributed by atoms with Crippen molar-refractivity contribution < 1.29 is 4.74 Å². The number of allylic oxidation sites excluding steroid dienone is 2. The van der Waals surface area contributed by atoms with Crippen LogP contribution in [0.2, 0.25) is 0 Å². The molecular weight excluding hydrogens is 544 g/mol. The van der Waals surface area contributed by atoms with E-state index in [2.05, 4.69) is 26.0 Å². The summed E-state index contributed by atoms with van der Waals surface area (Å²) in [5.41, 5.74) is 3.17. The van der Waals surface area contributed by atoms with Gasteiger partial charge in [-0.1, -0.05) is 180 Å². The Kier molecular flexibility index (Phi) is 19.0. The standard InChI is InChI=1S/C44H78O/c1-3-5-7-9-13-37-19-23-39(24-20-37)15-11-17-41-27-31-43(32-28-41)35-45-36-44-33-29-42(30-34-44)18-12-16-40-25-21-38(22-26-40)14-10-8-6-4-2/h31,33,37-42H,3-30,32,34-36H2,1-2H3. The van der Waals surface area contributed by atoms with Gasteiger partial charge in [0.15, 0.2) is 0 Å². The number of unbranched alkanes of at least 4 members (excludes halogenated alkanes) is 6. The molecule has 4 aliphatic rings. The maximum atomic E-state index is 6.26. The smallest absolute Gasteiger partial charge is 0.0681 e. The lowest BCUT2D eigenvalue weighted by Crippen LogP contribution is -2.15. The summed E-state index contributed by atoms with van der Waals surface area (Å²) >= 11 is 0. The van der Waals surface area contributed by atoms with E-state index in [1.807, 2.05) is 0 Å². The molecule has 2 unspecified atom stereocenters. The average Bonchev–Trinajstić information content (AvgIpc) is 3.08. The largest absolute Gasteiger partial charge is 0.373 e. The highest BCUT2D eigenvalue weighted by atomic mass is 16.5. The minimum Gasteiger partial charge on any atom is -0.373 e. The molecule has 0 heterocycles. The molecule has 4 aliphatic carbocycles. The van der Waals surface area contributed by atoms with E-state index >= 15 is 0 Å². The van der Waals surface area contributed by atoms with E-state index in [1.54, 1.807) is 11.1 Å². The van der Waals surface area contributed by atoms with E-state index < -0.39 is 0 Å². The first-order chi connectivity index (χ1) is 22.2. The minimum absolute atomic E-state index is 0.885. The predicted molar refractivity (Wildman–Crippen MR) is 198 cm³/mol. The molecule has 2 saturated carbocycles. The van der Waals surface area contributed by atoms with Crippen LogP contribution in [0.25, 0.3) is 0 Å². The predicted octanol–water partition coefficient (Wildman–Crippen LogP) is 14.4. The van der Waals surface area contributed by atoms with Crippen LogP contribution >= 0.6 is 0 Å². The molecule has 0 aromatic heterocycles. The fourth-order valence-electron chi connectivity index (χ4n) is 9.71. The topological polar surface area (TPSA) is 9.23 Å². The van der Waals surface area contributed by atoms with Gasteiger partial charge in [-0.05, 0) is 85.2 Å². The Bertz CT molecular complexity index is 726. The van der Waals surface area contributed by atoms with E-state index in [9.17, 15) is 0 Å². The van der Waals surface area contributed by atoms with Crippen LogP contribution in [0.5, 0.6) is 0 Å². The van der Waals surface area contributed by atoms with Crippen molar-refractivity contribution in [3.8, 4) is 0 Å². The van der Waals surface area contributed by atoms with Crippen molar-refractivity contribution in [2.75, 3.05) is 13.2 Å². The number of hydrogen-bond acceptors (Lipinski definition) is 1. The van der Waals surface area contributed by atoms with Gasteiger partial charge >= 0.3 is 0 Å². The second-order valence-electron chi connectivity index (χ2n) is 16.8. The van der Waals surface area contributed by atoms with Crippen LogP contribution in [0.1, 0.15) is 206 Å². The monoisotopic (exact) mass is 623 g/mol. The molecule has 0 amide bonds. The summed E-state index contributed by atoms with van der Waals surface area (Å²) in [5.74, 6) is 6.10. The Balaban J connectivity index is 0.961. The van der Waals surface area contributed by atoms with Crippen molar-refractivity contribution in [1.82, 2.24) is 0 Å². The highest BCUT2D eigenvalue weighted by molar-refractivity contribution is 5.09. The van der Waals surface area contributed by atoms with Gasteiger partial charge in [0.05, 0.1) is 13.2 Å². The fraction of sp³-hybridized carbons (Fsp3) is 0.909. The number of hydrogen-bond donors (Lipinski definition) is 0. The van der Waals surface area contributed by atoms with E-state index in [0.717, 1.165) is 48.7 Å². The molecule has 2 atom stereocenters. The van der Waals surface area contributed by atoms with Gasteiger partial charge in [0.2, 0.25) is 0 Å². The molecule has 0 aliphatic heterocycles. The fourth-order valence-corrected chi connectivity index (χ4v) is 9.71. The zero-order valence-corrected chi connectivity index (χ0v) is 30.7. The van der Waals surface area contributed by atoms with Crippen LogP contribution in [0, 0.1) is 35.5 Å². The molecule has 2 fully saturated rings. The minimum atomic E-state index is 0.885. The Hall–Kier alpha value is -0.560. The van der Waals surface area contributed by atoms with Gasteiger partial charge in [-0.15, -0.1) is 0 Å². The van der Waals surface area contributed by atoms with Crippen LogP contribution < -0.4 is 0 Å². The Morgan fingerprint density at radius 2 is 0.778 bits per heavy atom. The van der Waals surface area contributed by atoms with Crippen LogP contribution in [-0.2, 0) is 4.74 Å². The second kappa shape index (κ2) is 22.9. The van der Waals surface area contributed by atoms with Crippen molar-refractivity contribution in [1.29, 1.82) is 0 Å². The van der Waals surface area contributed by atoms with Gasteiger partial charge < -0.3 is 4.74 Å². The van der Waals surface area contributed by atoms with Crippen LogP contribution in [0.4, 0.5) is 0 Å². The summed E-state index contributed by atoms with van der Waals surface area (Å²) in [4.78, 5) is 0. The highest BCUT2D eigenvalue weighted by Gasteiger charge is 2.23. The average molecular weight is 623 g/mol. The van der Waals surface area contributed by atoms with Gasteiger partial charge in [-0.3, -0.25) is 0 Å². The van der Waals surface area contributed by atoms with Gasteiger partial charge in [0, 0.05) is 0 Å². The lowest BCUT2D eigenvalue weighted by Gasteiger charge is -2.29. The van der Waals surface area contributed by atoms with Crippen molar-refractivity contribution in [2.24, 2.45) is 35.5 Å². The van der Waals surface area contributed by atoms with Gasteiger partial charge in [0.1, 0.15) is 0 Å². The first-order valence-corrected chi connectivity index (χ1v) is 21.1. The first kappa shape index (κ1) is 37.3. The van der Waals surface area contributed by atoms with Gasteiger partial charge in [-0.25, -0.2) is 0 Å².